The number of halogens is 9. The van der Waals surface area contributed by atoms with Gasteiger partial charge in [0.25, 0.3) is 0 Å². The Kier molecular flexibility index (Phi) is 12.6. The zero-order chi connectivity index (χ0) is 31.3. The predicted octanol–water partition coefficient (Wildman–Crippen LogP) is 5.71. The molecule has 226 valence electrons. The van der Waals surface area contributed by atoms with Gasteiger partial charge < -0.3 is 5.11 Å². The third-order valence-electron chi connectivity index (χ3n) is 5.03. The van der Waals surface area contributed by atoms with Crippen molar-refractivity contribution >= 4 is 74.1 Å². The molecule has 4 heterocycles. The van der Waals surface area contributed by atoms with Crippen molar-refractivity contribution in [3.63, 3.8) is 0 Å². The Labute approximate surface area is 270 Å². The molecule has 10 nitrogen and oxygen atoms in total. The summed E-state index contributed by atoms with van der Waals surface area (Å²) in [6.07, 6.45) is -3.77. The molecular formula is C22H23F6I3N8O2. The Morgan fingerprint density at radius 2 is 1.27 bits per heavy atom. The van der Waals surface area contributed by atoms with Crippen molar-refractivity contribution in [2.75, 3.05) is 0 Å². The molecule has 0 aliphatic carbocycles. The summed E-state index contributed by atoms with van der Waals surface area (Å²) in [5.41, 5.74) is -1.14. The molecule has 1 unspecified atom stereocenters. The number of hydrogen-bond donors (Lipinski definition) is 1. The van der Waals surface area contributed by atoms with Crippen LogP contribution in [-0.4, -0.2) is 50.5 Å². The third kappa shape index (κ3) is 9.62. The van der Waals surface area contributed by atoms with Crippen molar-refractivity contribution in [2.24, 2.45) is 14.1 Å². The van der Waals surface area contributed by atoms with Gasteiger partial charge in [0.2, 0.25) is 0 Å². The smallest absolute Gasteiger partial charge is 0.383 e. The molecule has 4 rings (SSSR count). The van der Waals surface area contributed by atoms with E-state index in [0.717, 1.165) is 14.7 Å². The molecule has 0 saturated heterocycles. The molecule has 0 radical (unpaired) electrons. The first-order valence-electron chi connectivity index (χ1n) is 11.4. The van der Waals surface area contributed by atoms with Gasteiger partial charge in [-0.15, -0.1) is 0 Å². The lowest BCUT2D eigenvalue weighted by atomic mass is 10.1. The fourth-order valence-corrected chi connectivity index (χ4v) is 5.28. The van der Waals surface area contributed by atoms with E-state index >= 15 is 0 Å². The van der Waals surface area contributed by atoms with Crippen LogP contribution in [0, 0.1) is 11.0 Å². The van der Waals surface area contributed by atoms with Crippen molar-refractivity contribution in [1.82, 2.24) is 39.1 Å². The van der Waals surface area contributed by atoms with Crippen LogP contribution in [0.1, 0.15) is 52.8 Å². The molecular weight excluding hydrogens is 903 g/mol. The lowest BCUT2D eigenvalue weighted by molar-refractivity contribution is -0.143. The maximum atomic E-state index is 13.0. The van der Waals surface area contributed by atoms with E-state index in [0.29, 0.717) is 27.9 Å². The first-order valence-corrected chi connectivity index (χ1v) is 14.6. The van der Waals surface area contributed by atoms with Crippen LogP contribution < -0.4 is 0 Å². The van der Waals surface area contributed by atoms with Gasteiger partial charge in [0.1, 0.15) is 13.5 Å². The number of alkyl halides is 6. The van der Waals surface area contributed by atoms with Crippen molar-refractivity contribution in [1.29, 1.82) is 0 Å². The summed E-state index contributed by atoms with van der Waals surface area (Å²) in [7, 11) is 3.42. The van der Waals surface area contributed by atoms with Crippen molar-refractivity contribution in [2.45, 2.75) is 45.4 Å². The van der Waals surface area contributed by atoms with Crippen LogP contribution in [0.25, 0.3) is 0 Å². The summed E-state index contributed by atoms with van der Waals surface area (Å²) in [6.45, 7) is 4.16. The van der Waals surface area contributed by atoms with Crippen LogP contribution in [0.2, 0.25) is 0 Å². The average molecular weight is 926 g/mol. The monoisotopic (exact) mass is 926 g/mol. The number of nitrogens with zero attached hydrogens (tertiary/aromatic N) is 8. The van der Waals surface area contributed by atoms with E-state index in [1.165, 1.54) is 28.0 Å². The van der Waals surface area contributed by atoms with Crippen molar-refractivity contribution < 1.29 is 36.2 Å². The van der Waals surface area contributed by atoms with E-state index in [1.807, 2.05) is 45.2 Å². The molecule has 0 aliphatic heterocycles. The highest BCUT2D eigenvalue weighted by atomic mass is 127. The number of aliphatic hydroxyl groups is 1. The molecule has 0 bridgehead atoms. The van der Waals surface area contributed by atoms with Crippen molar-refractivity contribution in [3.05, 3.63) is 63.8 Å². The summed E-state index contributed by atoms with van der Waals surface area (Å²) in [6, 6.07) is 0. The molecule has 1 N–H and O–H groups in total. The Balaban J connectivity index is 0.000000237. The summed E-state index contributed by atoms with van der Waals surface area (Å²) < 4.78 is 82.1. The van der Waals surface area contributed by atoms with Crippen LogP contribution >= 0.6 is 67.8 Å². The van der Waals surface area contributed by atoms with Gasteiger partial charge in [-0.1, -0.05) is 0 Å². The highest BCUT2D eigenvalue weighted by molar-refractivity contribution is 14.1. The summed E-state index contributed by atoms with van der Waals surface area (Å²) in [5.74, 6) is 0. The van der Waals surface area contributed by atoms with Crippen molar-refractivity contribution in [3.8, 4) is 0 Å². The predicted molar refractivity (Wildman–Crippen MR) is 160 cm³/mol. The minimum Gasteiger partial charge on any atom is -0.383 e. The molecule has 0 amide bonds. The van der Waals surface area contributed by atoms with Gasteiger partial charge in [0, 0.05) is 63.1 Å². The first-order chi connectivity index (χ1) is 18.9. The second-order valence-electron chi connectivity index (χ2n) is 8.08. The Morgan fingerprint density at radius 3 is 1.61 bits per heavy atom. The summed E-state index contributed by atoms with van der Waals surface area (Å²) >= 11 is 5.52. The molecule has 0 fully saturated rings. The Bertz CT molecular complexity index is 1460. The number of aldehydes is 1. The van der Waals surface area contributed by atoms with Crippen LogP contribution in [0.5, 0.6) is 0 Å². The quantitative estimate of drug-likeness (QED) is 0.156. The molecule has 0 saturated carbocycles. The fourth-order valence-electron chi connectivity index (χ4n) is 3.16. The molecule has 0 aromatic carbocycles. The second kappa shape index (κ2) is 14.6. The van der Waals surface area contributed by atoms with E-state index < -0.39 is 29.8 Å². The van der Waals surface area contributed by atoms with E-state index in [9.17, 15) is 36.2 Å². The lowest BCUT2D eigenvalue weighted by Gasteiger charge is -2.11. The van der Waals surface area contributed by atoms with Gasteiger partial charge in [0.05, 0.1) is 9.13 Å². The highest BCUT2D eigenvalue weighted by Gasteiger charge is 2.40. The number of aromatic nitrogens is 8. The normalized spacial score (nSPS) is 12.3. The maximum absolute atomic E-state index is 13.0. The average Bonchev–Trinajstić information content (AvgIpc) is 3.63. The van der Waals surface area contributed by atoms with Gasteiger partial charge in [-0.05, 0) is 81.6 Å². The van der Waals surface area contributed by atoms with Crippen LogP contribution in [0.3, 0.4) is 0 Å². The van der Waals surface area contributed by atoms with Gasteiger partial charge in [-0.2, -0.15) is 46.7 Å². The molecule has 4 aromatic rings. The number of aryl methyl sites for hydroxylation is 4. The number of hydrogen-bond acceptors (Lipinski definition) is 6. The first kappa shape index (κ1) is 35.4. The van der Waals surface area contributed by atoms with Gasteiger partial charge >= 0.3 is 12.4 Å². The van der Waals surface area contributed by atoms with Gasteiger partial charge in [-0.25, -0.2) is 0 Å². The number of aliphatic hydroxyl groups excluding tert-OH is 1. The number of rotatable bonds is 5. The lowest BCUT2D eigenvalue weighted by Crippen LogP contribution is -2.12. The molecule has 0 spiro atoms. The largest absolute Gasteiger partial charge is 0.436 e. The minimum atomic E-state index is -4.61. The minimum absolute atomic E-state index is 0.141. The second-order valence-corrected chi connectivity index (χ2v) is 11.3. The fraction of sp³-hybridized carbons (Fsp3) is 0.409. The zero-order valence-electron chi connectivity index (χ0n) is 21.7. The third-order valence-corrected chi connectivity index (χ3v) is 7.49. The molecule has 19 heteroatoms. The van der Waals surface area contributed by atoms with Gasteiger partial charge in [-0.3, -0.25) is 23.5 Å². The summed E-state index contributed by atoms with van der Waals surface area (Å²) in [5, 5.41) is 25.1. The SMILES string of the molecule is CCn1cc(C(O)c2cn(C)nc2I)c(C(F)(F)F)n1.CCn1cc(I)c(C(F)(F)F)n1.Cn1cc(C=O)c(I)n1. The molecule has 1 atom stereocenters. The zero-order valence-corrected chi connectivity index (χ0v) is 28.2. The van der Waals surface area contributed by atoms with Crippen LogP contribution in [0.15, 0.2) is 24.8 Å². The van der Waals surface area contributed by atoms with E-state index in [4.69, 9.17) is 0 Å². The standard InChI is InChI=1S/C11H12F3IN4O.C6H6F3IN2.C5H5IN2O/c1-3-19-5-6(9(16-19)11(12,13)14)8(20)7-4-18(2)17-10(7)15;1-2-12-3-4(10)5(11-12)6(7,8)9;1-8-2-4(3-9)5(6)7-8/h4-5,8,20H,3H2,1-2H3;3H,2H2,1H3;2-3H,1H3. The van der Waals surface area contributed by atoms with Crippen LogP contribution in [0.4, 0.5) is 26.3 Å². The Hall–Kier alpha value is -1.76. The van der Waals surface area contributed by atoms with Crippen LogP contribution in [-0.2, 0) is 39.5 Å². The topological polar surface area (TPSA) is 109 Å². The molecule has 0 aliphatic rings. The van der Waals surface area contributed by atoms with E-state index in [1.54, 1.807) is 61.4 Å². The molecule has 4 aromatic heterocycles. The van der Waals surface area contributed by atoms with Gasteiger partial charge in [0.15, 0.2) is 17.7 Å². The highest BCUT2D eigenvalue weighted by Crippen LogP contribution is 2.36. The number of carbonyl (C=O) groups is 1. The summed E-state index contributed by atoms with van der Waals surface area (Å²) in [4.78, 5) is 10.2. The maximum Gasteiger partial charge on any atom is 0.436 e. The molecule has 41 heavy (non-hydrogen) atoms. The van der Waals surface area contributed by atoms with E-state index in [2.05, 4.69) is 20.4 Å². The Morgan fingerprint density at radius 1 is 0.780 bits per heavy atom. The number of carbonyl (C=O) groups excluding carboxylic acids is 1. The van der Waals surface area contributed by atoms with E-state index in [-0.39, 0.29) is 9.13 Å².